The van der Waals surface area contributed by atoms with Crippen LogP contribution in [0.15, 0.2) is 48.1 Å². The summed E-state index contributed by atoms with van der Waals surface area (Å²) >= 11 is 1.62. The number of amides is 1. The Morgan fingerprint density at radius 2 is 2.13 bits per heavy atom. The van der Waals surface area contributed by atoms with E-state index in [9.17, 15) is 4.79 Å². The molecular weight excluding hydrogens is 308 g/mol. The summed E-state index contributed by atoms with van der Waals surface area (Å²) in [6.07, 6.45) is 4.28. The van der Waals surface area contributed by atoms with E-state index >= 15 is 0 Å². The van der Waals surface area contributed by atoms with Gasteiger partial charge in [-0.25, -0.2) is 0 Å². The van der Waals surface area contributed by atoms with Crippen LogP contribution >= 0.6 is 11.3 Å². The summed E-state index contributed by atoms with van der Waals surface area (Å²) in [6, 6.07) is 9.51. The van der Waals surface area contributed by atoms with Crippen LogP contribution in [0.5, 0.6) is 0 Å². The number of hydrogen-bond acceptors (Lipinski definition) is 4. The second-order valence-corrected chi connectivity index (χ2v) is 6.18. The molecule has 0 saturated heterocycles. The zero-order chi connectivity index (χ0) is 16.2. The lowest BCUT2D eigenvalue weighted by Gasteiger charge is -2.17. The fourth-order valence-corrected chi connectivity index (χ4v) is 3.25. The molecule has 0 aliphatic rings. The molecule has 1 N–H and O–H groups in total. The number of nitrogens with one attached hydrogen (secondary N) is 1. The Morgan fingerprint density at radius 1 is 1.35 bits per heavy atom. The lowest BCUT2D eigenvalue weighted by Crippen LogP contribution is -2.30. The van der Waals surface area contributed by atoms with Gasteiger partial charge in [0.25, 0.3) is 5.91 Å². The maximum absolute atomic E-state index is 12.7. The number of pyridine rings is 1. The molecule has 5 nitrogen and oxygen atoms in total. The van der Waals surface area contributed by atoms with Crippen molar-refractivity contribution in [2.45, 2.75) is 19.4 Å². The summed E-state index contributed by atoms with van der Waals surface area (Å²) in [6.45, 7) is 2.02. The molecule has 0 aromatic carbocycles. The normalized spacial score (nSPS) is 12.1. The van der Waals surface area contributed by atoms with Gasteiger partial charge < -0.3 is 5.32 Å². The smallest absolute Gasteiger partial charge is 0.270 e. The lowest BCUT2D eigenvalue weighted by atomic mass is 10.1. The van der Waals surface area contributed by atoms with Crippen LogP contribution in [0.2, 0.25) is 0 Å². The molecule has 0 aliphatic heterocycles. The van der Waals surface area contributed by atoms with Gasteiger partial charge in [-0.2, -0.15) is 5.10 Å². The largest absolute Gasteiger partial charge is 0.339 e. The molecule has 0 bridgehead atoms. The average Bonchev–Trinajstić information content (AvgIpc) is 3.22. The molecule has 1 amide bonds. The Bertz CT molecular complexity index is 780. The molecule has 3 aromatic rings. The van der Waals surface area contributed by atoms with Crippen molar-refractivity contribution in [3.63, 3.8) is 0 Å². The highest BCUT2D eigenvalue weighted by Gasteiger charge is 2.21. The quantitative estimate of drug-likeness (QED) is 0.784. The summed E-state index contributed by atoms with van der Waals surface area (Å²) in [5.41, 5.74) is 2.49. The first-order valence-electron chi connectivity index (χ1n) is 7.46. The SMILES string of the molecule is CCc1cc(C(=O)NC(c2ccncc2)c2cccs2)n(C)n1. The van der Waals surface area contributed by atoms with Crippen molar-refractivity contribution in [2.24, 2.45) is 7.05 Å². The van der Waals surface area contributed by atoms with Crippen molar-refractivity contribution in [1.82, 2.24) is 20.1 Å². The Hall–Kier alpha value is -2.47. The minimum absolute atomic E-state index is 0.130. The molecule has 0 aliphatic carbocycles. The monoisotopic (exact) mass is 326 g/mol. The van der Waals surface area contributed by atoms with Crippen LogP contribution < -0.4 is 5.32 Å². The van der Waals surface area contributed by atoms with Gasteiger partial charge in [-0.3, -0.25) is 14.5 Å². The Balaban J connectivity index is 1.89. The minimum atomic E-state index is -0.189. The number of thiophene rings is 1. The van der Waals surface area contributed by atoms with Crippen LogP contribution in [-0.2, 0) is 13.5 Å². The van der Waals surface area contributed by atoms with Crippen molar-refractivity contribution in [2.75, 3.05) is 0 Å². The predicted molar refractivity (Wildman–Crippen MR) is 90.5 cm³/mol. The molecule has 0 spiro atoms. The molecule has 0 radical (unpaired) electrons. The maximum atomic E-state index is 12.7. The second kappa shape index (κ2) is 6.75. The Kier molecular flexibility index (Phi) is 4.52. The minimum Gasteiger partial charge on any atom is -0.339 e. The van der Waals surface area contributed by atoms with Gasteiger partial charge in [0.1, 0.15) is 5.69 Å². The average molecular weight is 326 g/mol. The van der Waals surface area contributed by atoms with Crippen molar-refractivity contribution < 1.29 is 4.79 Å². The van der Waals surface area contributed by atoms with E-state index in [4.69, 9.17) is 0 Å². The van der Waals surface area contributed by atoms with Crippen LogP contribution in [0.25, 0.3) is 0 Å². The molecule has 3 heterocycles. The van der Waals surface area contributed by atoms with Gasteiger partial charge in [0.15, 0.2) is 0 Å². The number of carbonyl (C=O) groups is 1. The first-order valence-corrected chi connectivity index (χ1v) is 8.34. The molecule has 6 heteroatoms. The number of carbonyl (C=O) groups excluding carboxylic acids is 1. The summed E-state index contributed by atoms with van der Waals surface area (Å²) in [4.78, 5) is 17.8. The van der Waals surface area contributed by atoms with Crippen LogP contribution in [0.1, 0.15) is 39.6 Å². The number of aryl methyl sites for hydroxylation is 2. The van der Waals surface area contributed by atoms with Crippen LogP contribution in [-0.4, -0.2) is 20.7 Å². The summed E-state index contributed by atoms with van der Waals surface area (Å²) in [7, 11) is 1.79. The van der Waals surface area contributed by atoms with Gasteiger partial charge in [-0.1, -0.05) is 13.0 Å². The number of nitrogens with zero attached hydrogens (tertiary/aromatic N) is 3. The topological polar surface area (TPSA) is 59.8 Å². The number of rotatable bonds is 5. The molecule has 0 fully saturated rings. The highest BCUT2D eigenvalue weighted by Crippen LogP contribution is 2.26. The third-order valence-corrected chi connectivity index (χ3v) is 4.61. The third kappa shape index (κ3) is 3.32. The summed E-state index contributed by atoms with van der Waals surface area (Å²) in [5, 5.41) is 9.46. The standard InChI is InChI=1S/C17H18N4OS/c1-3-13-11-14(21(2)20-13)17(22)19-16(15-5-4-10-23-15)12-6-8-18-9-7-12/h4-11,16H,3H2,1-2H3,(H,19,22). The van der Waals surface area contributed by atoms with Gasteiger partial charge in [0.05, 0.1) is 11.7 Å². The Labute approximate surface area is 139 Å². The zero-order valence-corrected chi connectivity index (χ0v) is 13.9. The lowest BCUT2D eigenvalue weighted by molar-refractivity contribution is 0.0934. The fraction of sp³-hybridized carbons (Fsp3) is 0.235. The molecule has 23 heavy (non-hydrogen) atoms. The first kappa shape index (κ1) is 15.4. The van der Waals surface area contributed by atoms with E-state index in [0.29, 0.717) is 5.69 Å². The molecule has 1 atom stereocenters. The van der Waals surface area contributed by atoms with Crippen molar-refractivity contribution in [1.29, 1.82) is 0 Å². The molecule has 118 valence electrons. The van der Waals surface area contributed by atoms with Crippen LogP contribution in [0.4, 0.5) is 0 Å². The van der Waals surface area contributed by atoms with Crippen molar-refractivity contribution >= 4 is 17.2 Å². The molecule has 1 unspecified atom stereocenters. The number of hydrogen-bond donors (Lipinski definition) is 1. The van der Waals surface area contributed by atoms with Crippen molar-refractivity contribution in [3.8, 4) is 0 Å². The third-order valence-electron chi connectivity index (χ3n) is 3.67. The maximum Gasteiger partial charge on any atom is 0.270 e. The summed E-state index contributed by atoms with van der Waals surface area (Å²) < 4.78 is 1.63. The molecule has 3 rings (SSSR count). The van der Waals surface area contributed by atoms with Gasteiger partial charge in [0.2, 0.25) is 0 Å². The van der Waals surface area contributed by atoms with Gasteiger partial charge in [-0.15, -0.1) is 11.3 Å². The molecule has 0 saturated carbocycles. The van der Waals surface area contributed by atoms with Gasteiger partial charge in [-0.05, 0) is 41.6 Å². The zero-order valence-electron chi connectivity index (χ0n) is 13.1. The van der Waals surface area contributed by atoms with Crippen molar-refractivity contribution in [3.05, 3.63) is 69.9 Å². The molecule has 3 aromatic heterocycles. The van der Waals surface area contributed by atoms with E-state index in [0.717, 1.165) is 22.6 Å². The number of aromatic nitrogens is 3. The van der Waals surface area contributed by atoms with Gasteiger partial charge >= 0.3 is 0 Å². The Morgan fingerprint density at radius 3 is 2.74 bits per heavy atom. The first-order chi connectivity index (χ1) is 11.2. The highest BCUT2D eigenvalue weighted by atomic mass is 32.1. The predicted octanol–water partition coefficient (Wildman–Crippen LogP) is 2.96. The van der Waals surface area contributed by atoms with Crippen LogP contribution in [0.3, 0.4) is 0 Å². The second-order valence-electron chi connectivity index (χ2n) is 5.20. The van der Waals surface area contributed by atoms with Gasteiger partial charge in [0, 0.05) is 24.3 Å². The van der Waals surface area contributed by atoms with Crippen LogP contribution in [0, 0.1) is 0 Å². The van der Waals surface area contributed by atoms with E-state index in [2.05, 4.69) is 15.4 Å². The van der Waals surface area contributed by atoms with E-state index in [-0.39, 0.29) is 11.9 Å². The molecular formula is C17H18N4OS. The summed E-state index contributed by atoms with van der Waals surface area (Å²) in [5.74, 6) is -0.130. The highest BCUT2D eigenvalue weighted by molar-refractivity contribution is 7.10. The fourth-order valence-electron chi connectivity index (χ4n) is 2.45. The van der Waals surface area contributed by atoms with E-state index in [1.807, 2.05) is 42.6 Å². The van der Waals surface area contributed by atoms with E-state index in [1.165, 1.54) is 0 Å². The van der Waals surface area contributed by atoms with E-state index < -0.39 is 0 Å². The van der Waals surface area contributed by atoms with E-state index in [1.54, 1.807) is 35.5 Å².